The van der Waals surface area contributed by atoms with E-state index >= 15 is 0 Å². The molecule has 1 unspecified atom stereocenters. The zero-order valence-corrected chi connectivity index (χ0v) is 16.4. The summed E-state index contributed by atoms with van der Waals surface area (Å²) in [5, 5.41) is 39.7. The third kappa shape index (κ3) is 8.65. The van der Waals surface area contributed by atoms with E-state index in [2.05, 4.69) is 6.92 Å². The summed E-state index contributed by atoms with van der Waals surface area (Å²) in [4.78, 5) is 10.5. The van der Waals surface area contributed by atoms with E-state index in [4.69, 9.17) is 5.11 Å². The molecule has 0 bridgehead atoms. The lowest BCUT2D eigenvalue weighted by Crippen LogP contribution is -2.24. The second-order valence-electron chi connectivity index (χ2n) is 8.13. The molecule has 26 heavy (non-hydrogen) atoms. The van der Waals surface area contributed by atoms with Gasteiger partial charge in [-0.05, 0) is 32.1 Å². The lowest BCUT2D eigenvalue weighted by atomic mass is 9.86. The Morgan fingerprint density at radius 2 is 1.77 bits per heavy atom. The second kappa shape index (κ2) is 11.7. The largest absolute Gasteiger partial charge is 0.481 e. The molecule has 0 spiro atoms. The van der Waals surface area contributed by atoms with Gasteiger partial charge in [0.05, 0.1) is 17.8 Å². The van der Waals surface area contributed by atoms with Crippen LogP contribution in [0.4, 0.5) is 0 Å². The van der Waals surface area contributed by atoms with Crippen LogP contribution in [0.15, 0.2) is 12.2 Å². The Labute approximate surface area is 158 Å². The van der Waals surface area contributed by atoms with E-state index in [0.29, 0.717) is 19.3 Å². The van der Waals surface area contributed by atoms with Gasteiger partial charge in [0.1, 0.15) is 0 Å². The predicted octanol–water partition coefficient (Wildman–Crippen LogP) is 3.66. The lowest BCUT2D eigenvalue weighted by molar-refractivity contribution is -0.137. The number of unbranched alkanes of at least 4 members (excludes halogenated alkanes) is 5. The van der Waals surface area contributed by atoms with Crippen molar-refractivity contribution in [3.63, 3.8) is 0 Å². The van der Waals surface area contributed by atoms with Gasteiger partial charge in [-0.25, -0.2) is 0 Å². The molecular weight excluding hydrogens is 332 g/mol. The highest BCUT2D eigenvalue weighted by atomic mass is 16.4. The van der Waals surface area contributed by atoms with Crippen molar-refractivity contribution < 1.29 is 25.2 Å². The SMILES string of the molecule is CCCCCC(C)(O)C=C[C@@H]1[C@@H](CCCCCCC(=O)O)[C@@H](O)C[C@H]1O. The number of carboxylic acid groups (broad SMARTS) is 1. The monoisotopic (exact) mass is 370 g/mol. The highest BCUT2D eigenvalue weighted by Gasteiger charge is 2.39. The van der Waals surface area contributed by atoms with E-state index in [9.17, 15) is 20.1 Å². The fraction of sp³-hybridized carbons (Fsp3) is 0.857. The van der Waals surface area contributed by atoms with Gasteiger partial charge in [0.15, 0.2) is 0 Å². The first-order chi connectivity index (χ1) is 12.3. The smallest absolute Gasteiger partial charge is 0.303 e. The number of aliphatic carboxylic acids is 1. The van der Waals surface area contributed by atoms with Gasteiger partial charge in [0, 0.05) is 18.8 Å². The molecule has 1 saturated carbocycles. The average molecular weight is 371 g/mol. The average Bonchev–Trinajstić information content (AvgIpc) is 2.82. The number of rotatable bonds is 13. The van der Waals surface area contributed by atoms with Gasteiger partial charge in [-0.1, -0.05) is 57.6 Å². The molecule has 4 N–H and O–H groups in total. The molecule has 1 aliphatic carbocycles. The summed E-state index contributed by atoms with van der Waals surface area (Å²) >= 11 is 0. The zero-order chi connectivity index (χ0) is 19.6. The van der Waals surface area contributed by atoms with Crippen molar-refractivity contribution >= 4 is 5.97 Å². The summed E-state index contributed by atoms with van der Waals surface area (Å²) in [5.41, 5.74) is -0.871. The molecule has 1 rings (SSSR count). The fourth-order valence-electron chi connectivity index (χ4n) is 3.92. The van der Waals surface area contributed by atoms with Crippen LogP contribution in [-0.2, 0) is 4.79 Å². The number of aliphatic hydroxyl groups is 3. The molecule has 5 nitrogen and oxygen atoms in total. The molecule has 1 aliphatic rings. The summed E-state index contributed by atoms with van der Waals surface area (Å²) in [6, 6.07) is 0. The van der Waals surface area contributed by atoms with Crippen LogP contribution in [-0.4, -0.2) is 44.2 Å². The molecule has 0 heterocycles. The van der Waals surface area contributed by atoms with E-state index in [1.807, 2.05) is 6.08 Å². The Bertz CT molecular complexity index is 432. The van der Waals surface area contributed by atoms with Gasteiger partial charge in [-0.2, -0.15) is 0 Å². The van der Waals surface area contributed by atoms with Crippen LogP contribution in [0.2, 0.25) is 0 Å². The lowest BCUT2D eigenvalue weighted by Gasteiger charge is -2.23. The minimum atomic E-state index is -0.871. The second-order valence-corrected chi connectivity index (χ2v) is 8.13. The molecule has 0 aromatic heterocycles. The first-order valence-electron chi connectivity index (χ1n) is 10.3. The van der Waals surface area contributed by atoms with Gasteiger partial charge < -0.3 is 20.4 Å². The van der Waals surface area contributed by atoms with Gasteiger partial charge in [0.25, 0.3) is 0 Å². The molecular formula is C21H38O5. The van der Waals surface area contributed by atoms with Gasteiger partial charge in [0.2, 0.25) is 0 Å². The fourth-order valence-corrected chi connectivity index (χ4v) is 3.92. The molecule has 5 atom stereocenters. The Balaban J connectivity index is 2.47. The summed E-state index contributed by atoms with van der Waals surface area (Å²) in [5.74, 6) is -0.871. The summed E-state index contributed by atoms with van der Waals surface area (Å²) in [6.07, 6.45) is 11.4. The van der Waals surface area contributed by atoms with Crippen molar-refractivity contribution in [1.29, 1.82) is 0 Å². The number of hydrogen-bond donors (Lipinski definition) is 4. The molecule has 152 valence electrons. The number of carbonyl (C=O) groups is 1. The van der Waals surface area contributed by atoms with Crippen molar-refractivity contribution in [1.82, 2.24) is 0 Å². The third-order valence-electron chi connectivity index (χ3n) is 5.56. The molecule has 0 aliphatic heterocycles. The number of aliphatic hydroxyl groups excluding tert-OH is 2. The molecule has 0 aromatic rings. The normalized spacial score (nSPS) is 28.5. The first-order valence-corrected chi connectivity index (χ1v) is 10.3. The van der Waals surface area contributed by atoms with Crippen molar-refractivity contribution in [3.8, 4) is 0 Å². The molecule has 0 amide bonds. The van der Waals surface area contributed by atoms with Gasteiger partial charge >= 0.3 is 5.97 Å². The highest BCUT2D eigenvalue weighted by molar-refractivity contribution is 5.66. The first kappa shape index (κ1) is 23.1. The van der Waals surface area contributed by atoms with Crippen LogP contribution in [0.5, 0.6) is 0 Å². The Morgan fingerprint density at radius 1 is 1.08 bits per heavy atom. The van der Waals surface area contributed by atoms with Crippen LogP contribution < -0.4 is 0 Å². The Morgan fingerprint density at radius 3 is 2.42 bits per heavy atom. The van der Waals surface area contributed by atoms with Crippen LogP contribution >= 0.6 is 0 Å². The molecule has 5 heteroatoms. The van der Waals surface area contributed by atoms with E-state index in [0.717, 1.165) is 44.9 Å². The quantitative estimate of drug-likeness (QED) is 0.293. The van der Waals surface area contributed by atoms with Crippen LogP contribution in [0.25, 0.3) is 0 Å². The highest BCUT2D eigenvalue weighted by Crippen LogP contribution is 2.37. The van der Waals surface area contributed by atoms with E-state index < -0.39 is 23.8 Å². The maximum absolute atomic E-state index is 10.5. The summed E-state index contributed by atoms with van der Waals surface area (Å²) in [7, 11) is 0. The van der Waals surface area contributed by atoms with Gasteiger partial charge in [-0.3, -0.25) is 4.79 Å². The van der Waals surface area contributed by atoms with Crippen LogP contribution in [0, 0.1) is 11.8 Å². The van der Waals surface area contributed by atoms with Crippen molar-refractivity contribution in [2.24, 2.45) is 11.8 Å². The number of carboxylic acids is 1. The van der Waals surface area contributed by atoms with Crippen molar-refractivity contribution in [2.75, 3.05) is 0 Å². The minimum absolute atomic E-state index is 0.00663. The number of hydrogen-bond acceptors (Lipinski definition) is 4. The van der Waals surface area contributed by atoms with Crippen molar-refractivity contribution in [3.05, 3.63) is 12.2 Å². The molecule has 0 aromatic carbocycles. The summed E-state index contributed by atoms with van der Waals surface area (Å²) < 4.78 is 0. The van der Waals surface area contributed by atoms with Gasteiger partial charge in [-0.15, -0.1) is 0 Å². The van der Waals surface area contributed by atoms with E-state index in [1.165, 1.54) is 0 Å². The van der Waals surface area contributed by atoms with Crippen LogP contribution in [0.1, 0.15) is 84.5 Å². The molecule has 0 saturated heterocycles. The molecule has 0 radical (unpaired) electrons. The predicted molar refractivity (Wildman–Crippen MR) is 103 cm³/mol. The van der Waals surface area contributed by atoms with E-state index in [-0.39, 0.29) is 18.3 Å². The van der Waals surface area contributed by atoms with Crippen molar-refractivity contribution in [2.45, 2.75) is 102 Å². The maximum Gasteiger partial charge on any atom is 0.303 e. The standard InChI is InChI=1S/C21H38O5/c1-3-4-9-13-21(2,26)14-12-17-16(18(22)15-19(17)23)10-7-5-6-8-11-20(24)25/h12,14,16-19,22-23,26H,3-11,13,15H2,1-2H3,(H,24,25)/t16-,17-,18+,19-,21?/m1/s1. The Kier molecular flexibility index (Phi) is 10.4. The summed E-state index contributed by atoms with van der Waals surface area (Å²) in [6.45, 7) is 3.93. The topological polar surface area (TPSA) is 98.0 Å². The third-order valence-corrected chi connectivity index (χ3v) is 5.56. The maximum atomic E-state index is 10.5. The zero-order valence-electron chi connectivity index (χ0n) is 16.4. The van der Waals surface area contributed by atoms with Crippen LogP contribution in [0.3, 0.4) is 0 Å². The molecule has 1 fully saturated rings. The Hall–Kier alpha value is -0.910. The minimum Gasteiger partial charge on any atom is -0.481 e. The van der Waals surface area contributed by atoms with E-state index in [1.54, 1.807) is 13.0 Å².